The Balaban J connectivity index is 1.94. The van der Waals surface area contributed by atoms with E-state index in [1.54, 1.807) is 42.5 Å². The van der Waals surface area contributed by atoms with Crippen molar-refractivity contribution in [3.8, 4) is 0 Å². The molecule has 0 heterocycles. The Hall–Kier alpha value is -0.870. The average molecular weight is 347 g/mol. The van der Waals surface area contributed by atoms with E-state index >= 15 is 0 Å². The third kappa shape index (κ3) is 4.32. The maximum absolute atomic E-state index is 11.8. The zero-order chi connectivity index (χ0) is 14.5. The van der Waals surface area contributed by atoms with E-state index in [1.807, 2.05) is 0 Å². The van der Waals surface area contributed by atoms with Crippen LogP contribution in [-0.2, 0) is 5.75 Å². The van der Waals surface area contributed by atoms with Crippen LogP contribution in [0.3, 0.4) is 0 Å². The molecule has 2 aromatic rings. The quantitative estimate of drug-likeness (QED) is 0.726. The molecular weight excluding hydrogens is 337 g/mol. The molecule has 20 heavy (non-hydrogen) atoms. The molecule has 1 N–H and O–H groups in total. The van der Waals surface area contributed by atoms with Gasteiger partial charge in [-0.05, 0) is 42.0 Å². The van der Waals surface area contributed by atoms with Gasteiger partial charge >= 0.3 is 0 Å². The van der Waals surface area contributed by atoms with Crippen LogP contribution in [-0.4, -0.2) is 5.24 Å². The van der Waals surface area contributed by atoms with Crippen molar-refractivity contribution in [2.45, 2.75) is 5.75 Å². The zero-order valence-electron chi connectivity index (χ0n) is 10.2. The van der Waals surface area contributed by atoms with E-state index in [2.05, 4.69) is 5.32 Å². The van der Waals surface area contributed by atoms with Crippen molar-refractivity contribution in [3.63, 3.8) is 0 Å². The van der Waals surface area contributed by atoms with Crippen LogP contribution < -0.4 is 5.32 Å². The van der Waals surface area contributed by atoms with E-state index in [-0.39, 0.29) is 5.24 Å². The van der Waals surface area contributed by atoms with E-state index < -0.39 is 0 Å². The Morgan fingerprint density at radius 1 is 1.00 bits per heavy atom. The molecule has 2 aromatic carbocycles. The highest BCUT2D eigenvalue weighted by atomic mass is 35.5. The summed E-state index contributed by atoms with van der Waals surface area (Å²) in [5.74, 6) is 0.415. The fraction of sp³-hybridized carbons (Fsp3) is 0.0714. The van der Waals surface area contributed by atoms with Crippen LogP contribution >= 0.6 is 46.6 Å². The first kappa shape index (κ1) is 15.5. The predicted molar refractivity (Wildman–Crippen MR) is 88.2 cm³/mol. The highest BCUT2D eigenvalue weighted by molar-refractivity contribution is 8.13. The number of carbonyl (C=O) groups is 1. The summed E-state index contributed by atoms with van der Waals surface area (Å²) in [5, 5.41) is 4.32. The molecule has 2 nitrogen and oxygen atoms in total. The molecule has 0 unspecified atom stereocenters. The maximum Gasteiger partial charge on any atom is 0.283 e. The summed E-state index contributed by atoms with van der Waals surface area (Å²) in [7, 11) is 0. The summed E-state index contributed by atoms with van der Waals surface area (Å²) in [4.78, 5) is 11.8. The van der Waals surface area contributed by atoms with Crippen LogP contribution in [0.4, 0.5) is 10.5 Å². The number of halogens is 3. The molecule has 0 bridgehead atoms. The van der Waals surface area contributed by atoms with Crippen molar-refractivity contribution >= 4 is 57.5 Å². The van der Waals surface area contributed by atoms with E-state index in [9.17, 15) is 4.79 Å². The van der Waals surface area contributed by atoms with Crippen LogP contribution in [0.5, 0.6) is 0 Å². The Labute approximate surface area is 136 Å². The number of amides is 1. The number of benzene rings is 2. The standard InChI is InChI=1S/C14H10Cl3NOS/c15-9-4-6-10(7-5-9)18-14(19)20-8-11-12(16)2-1-3-13(11)17/h1-7H,8H2,(H,18,19). The second kappa shape index (κ2) is 7.23. The predicted octanol–water partition coefficient (Wildman–Crippen LogP) is 6.11. The summed E-state index contributed by atoms with van der Waals surface area (Å²) >= 11 is 19.0. The zero-order valence-corrected chi connectivity index (χ0v) is 13.3. The van der Waals surface area contributed by atoms with Gasteiger partial charge in [0.2, 0.25) is 0 Å². The number of rotatable bonds is 3. The van der Waals surface area contributed by atoms with Gasteiger partial charge < -0.3 is 5.32 Å². The fourth-order valence-corrected chi connectivity index (χ4v) is 3.09. The van der Waals surface area contributed by atoms with Gasteiger partial charge in [0.05, 0.1) is 0 Å². The largest absolute Gasteiger partial charge is 0.317 e. The van der Waals surface area contributed by atoms with Gasteiger partial charge in [-0.1, -0.05) is 52.6 Å². The van der Waals surface area contributed by atoms with Gasteiger partial charge in [-0.3, -0.25) is 4.79 Å². The van der Waals surface area contributed by atoms with E-state index in [1.165, 1.54) is 0 Å². The lowest BCUT2D eigenvalue weighted by Crippen LogP contribution is -2.05. The monoisotopic (exact) mass is 345 g/mol. The van der Waals surface area contributed by atoms with Crippen LogP contribution in [0.15, 0.2) is 42.5 Å². The van der Waals surface area contributed by atoms with E-state index in [4.69, 9.17) is 34.8 Å². The van der Waals surface area contributed by atoms with Gasteiger partial charge in [-0.2, -0.15) is 0 Å². The van der Waals surface area contributed by atoms with Crippen molar-refractivity contribution in [1.29, 1.82) is 0 Å². The topological polar surface area (TPSA) is 29.1 Å². The van der Waals surface area contributed by atoms with Gasteiger partial charge in [0.15, 0.2) is 0 Å². The second-order valence-electron chi connectivity index (χ2n) is 3.91. The molecular formula is C14H10Cl3NOS. The van der Waals surface area contributed by atoms with Crippen molar-refractivity contribution in [1.82, 2.24) is 0 Å². The lowest BCUT2D eigenvalue weighted by atomic mass is 10.2. The molecule has 0 spiro atoms. The summed E-state index contributed by atoms with van der Waals surface area (Å²) in [6.45, 7) is 0. The summed E-state index contributed by atoms with van der Waals surface area (Å²) in [6, 6.07) is 12.2. The molecule has 0 radical (unpaired) electrons. The maximum atomic E-state index is 11.8. The number of nitrogens with one attached hydrogen (secondary N) is 1. The summed E-state index contributed by atoms with van der Waals surface area (Å²) in [5.41, 5.74) is 1.45. The summed E-state index contributed by atoms with van der Waals surface area (Å²) in [6.07, 6.45) is 0. The van der Waals surface area contributed by atoms with Crippen molar-refractivity contribution in [2.24, 2.45) is 0 Å². The van der Waals surface area contributed by atoms with E-state index in [0.29, 0.717) is 26.5 Å². The highest BCUT2D eigenvalue weighted by Gasteiger charge is 2.09. The molecule has 6 heteroatoms. The smallest absolute Gasteiger partial charge is 0.283 e. The van der Waals surface area contributed by atoms with Gasteiger partial charge in [-0.15, -0.1) is 0 Å². The van der Waals surface area contributed by atoms with Crippen LogP contribution in [0, 0.1) is 0 Å². The van der Waals surface area contributed by atoms with Crippen LogP contribution in [0.2, 0.25) is 15.1 Å². The lowest BCUT2D eigenvalue weighted by Gasteiger charge is -2.07. The number of hydrogen-bond donors (Lipinski definition) is 1. The molecule has 0 fully saturated rings. The fourth-order valence-electron chi connectivity index (χ4n) is 1.50. The average Bonchev–Trinajstić information content (AvgIpc) is 2.41. The van der Waals surface area contributed by atoms with Crippen LogP contribution in [0.25, 0.3) is 0 Å². The van der Waals surface area contributed by atoms with Crippen molar-refractivity contribution in [2.75, 3.05) is 5.32 Å². The first-order valence-corrected chi connectivity index (χ1v) is 7.80. The van der Waals surface area contributed by atoms with Gasteiger partial charge in [0, 0.05) is 26.5 Å². The molecule has 0 aliphatic carbocycles. The van der Waals surface area contributed by atoms with Crippen LogP contribution in [0.1, 0.15) is 5.56 Å². The second-order valence-corrected chi connectivity index (χ2v) is 6.11. The number of carbonyl (C=O) groups excluding carboxylic acids is 1. The SMILES string of the molecule is O=C(Nc1ccc(Cl)cc1)SCc1c(Cl)cccc1Cl. The summed E-state index contributed by atoms with van der Waals surface area (Å²) < 4.78 is 0. The Kier molecular flexibility index (Phi) is 5.61. The van der Waals surface area contributed by atoms with Gasteiger partial charge in [0.1, 0.15) is 0 Å². The van der Waals surface area contributed by atoms with E-state index in [0.717, 1.165) is 17.3 Å². The first-order valence-electron chi connectivity index (χ1n) is 5.68. The van der Waals surface area contributed by atoms with Crippen molar-refractivity contribution in [3.05, 3.63) is 63.1 Å². The Morgan fingerprint density at radius 3 is 2.20 bits per heavy atom. The third-order valence-corrected chi connectivity index (χ3v) is 4.26. The molecule has 104 valence electrons. The number of anilines is 1. The minimum Gasteiger partial charge on any atom is -0.317 e. The molecule has 0 aliphatic heterocycles. The highest BCUT2D eigenvalue weighted by Crippen LogP contribution is 2.28. The molecule has 1 amide bonds. The number of thioether (sulfide) groups is 1. The number of hydrogen-bond acceptors (Lipinski definition) is 2. The first-order chi connectivity index (χ1) is 9.56. The molecule has 0 saturated heterocycles. The third-order valence-electron chi connectivity index (χ3n) is 2.50. The minimum atomic E-state index is -0.177. The molecule has 0 atom stereocenters. The Bertz CT molecular complexity index is 596. The lowest BCUT2D eigenvalue weighted by molar-refractivity contribution is 0.269. The van der Waals surface area contributed by atoms with Gasteiger partial charge in [0.25, 0.3) is 5.24 Å². The molecule has 0 saturated carbocycles. The van der Waals surface area contributed by atoms with Crippen molar-refractivity contribution < 1.29 is 4.79 Å². The molecule has 0 aliphatic rings. The minimum absolute atomic E-state index is 0.177. The Morgan fingerprint density at radius 2 is 1.60 bits per heavy atom. The van der Waals surface area contributed by atoms with Gasteiger partial charge in [-0.25, -0.2) is 0 Å². The normalized spacial score (nSPS) is 10.3. The molecule has 2 rings (SSSR count). The molecule has 0 aromatic heterocycles.